The first-order valence-electron chi connectivity index (χ1n) is 6.10. The van der Waals surface area contributed by atoms with Gasteiger partial charge in [-0.25, -0.2) is 4.98 Å². The van der Waals surface area contributed by atoms with Gasteiger partial charge in [0.15, 0.2) is 0 Å². The molecule has 0 aliphatic carbocycles. The highest BCUT2D eigenvalue weighted by Crippen LogP contribution is 2.22. The highest BCUT2D eigenvalue weighted by Gasteiger charge is 2.26. The van der Waals surface area contributed by atoms with Crippen LogP contribution in [0.2, 0.25) is 0 Å². The lowest BCUT2D eigenvalue weighted by molar-refractivity contribution is 0.351. The van der Waals surface area contributed by atoms with Gasteiger partial charge < -0.3 is 4.57 Å². The second kappa shape index (κ2) is 5.33. The number of nitrogens with zero attached hydrogens (tertiary/aromatic N) is 3. The van der Waals surface area contributed by atoms with Crippen LogP contribution >= 0.6 is 0 Å². The molecule has 1 aromatic rings. The van der Waals surface area contributed by atoms with E-state index in [1.807, 2.05) is 27.1 Å². The van der Waals surface area contributed by atoms with Gasteiger partial charge in [-0.1, -0.05) is 6.92 Å². The lowest BCUT2D eigenvalue weighted by atomic mass is 9.95. The van der Waals surface area contributed by atoms with E-state index in [-0.39, 0.29) is 6.04 Å². The van der Waals surface area contributed by atoms with Crippen molar-refractivity contribution >= 4 is 0 Å². The van der Waals surface area contributed by atoms with Crippen LogP contribution in [0.5, 0.6) is 0 Å². The van der Waals surface area contributed by atoms with Crippen molar-refractivity contribution in [3.8, 4) is 6.07 Å². The Morgan fingerprint density at radius 2 is 2.24 bits per heavy atom. The Kier molecular flexibility index (Phi) is 4.30. The van der Waals surface area contributed by atoms with E-state index in [4.69, 9.17) is 0 Å². The van der Waals surface area contributed by atoms with Gasteiger partial charge in [0.05, 0.1) is 18.1 Å². The zero-order chi connectivity index (χ0) is 13.1. The summed E-state index contributed by atoms with van der Waals surface area (Å²) in [5, 5.41) is 12.5. The number of imidazole rings is 1. The monoisotopic (exact) mass is 234 g/mol. The first-order chi connectivity index (χ1) is 7.93. The molecule has 2 unspecified atom stereocenters. The van der Waals surface area contributed by atoms with Crippen molar-refractivity contribution in [2.24, 2.45) is 0 Å². The molecule has 2 atom stereocenters. The van der Waals surface area contributed by atoms with Crippen LogP contribution < -0.4 is 5.32 Å². The third kappa shape index (κ3) is 3.07. The van der Waals surface area contributed by atoms with E-state index in [2.05, 4.69) is 34.8 Å². The maximum atomic E-state index is 9.25. The minimum Gasteiger partial charge on any atom is -0.332 e. The van der Waals surface area contributed by atoms with Crippen LogP contribution in [0.4, 0.5) is 0 Å². The number of hydrogen-bond acceptors (Lipinski definition) is 3. The molecule has 4 nitrogen and oxygen atoms in total. The van der Waals surface area contributed by atoms with Crippen molar-refractivity contribution in [1.29, 1.82) is 5.26 Å². The smallest absolute Gasteiger partial charge is 0.105 e. The summed E-state index contributed by atoms with van der Waals surface area (Å²) in [5.74, 6) is 0. The first-order valence-corrected chi connectivity index (χ1v) is 6.10. The molecule has 0 bridgehead atoms. The van der Waals surface area contributed by atoms with Crippen molar-refractivity contribution in [2.75, 3.05) is 6.54 Å². The fraction of sp³-hybridized carbons (Fsp3) is 0.692. The second-order valence-electron chi connectivity index (χ2n) is 4.85. The maximum absolute atomic E-state index is 9.25. The normalized spacial score (nSPS) is 16.2. The second-order valence-corrected chi connectivity index (χ2v) is 4.85. The van der Waals surface area contributed by atoms with Gasteiger partial charge in [-0.15, -0.1) is 0 Å². The maximum Gasteiger partial charge on any atom is 0.105 e. The Hall–Kier alpha value is -1.34. The summed E-state index contributed by atoms with van der Waals surface area (Å²) in [4.78, 5) is 4.30. The molecular formula is C13H22N4. The molecule has 0 aromatic carbocycles. The Morgan fingerprint density at radius 1 is 1.59 bits per heavy atom. The fourth-order valence-electron chi connectivity index (χ4n) is 2.20. The Labute approximate surface area is 104 Å². The van der Waals surface area contributed by atoms with Gasteiger partial charge in [-0.2, -0.15) is 5.26 Å². The van der Waals surface area contributed by atoms with E-state index in [1.54, 1.807) is 0 Å². The van der Waals surface area contributed by atoms with Crippen molar-refractivity contribution in [3.63, 3.8) is 0 Å². The Balaban J connectivity index is 2.82. The Bertz CT molecular complexity index is 416. The standard InChI is InChI=1S/C13H22N4/c1-6-16-13(5,8-14)7-10(2)17-9-15-11(3)12(17)4/h9-10,16H,6-7H2,1-5H3. The molecule has 94 valence electrons. The highest BCUT2D eigenvalue weighted by molar-refractivity contribution is 5.11. The van der Waals surface area contributed by atoms with Gasteiger partial charge in [0.2, 0.25) is 0 Å². The topological polar surface area (TPSA) is 53.6 Å². The summed E-state index contributed by atoms with van der Waals surface area (Å²) in [5.41, 5.74) is 1.76. The summed E-state index contributed by atoms with van der Waals surface area (Å²) in [6.07, 6.45) is 2.63. The molecule has 1 heterocycles. The Morgan fingerprint density at radius 3 is 2.65 bits per heavy atom. The molecule has 1 rings (SSSR count). The predicted molar refractivity (Wildman–Crippen MR) is 68.7 cm³/mol. The quantitative estimate of drug-likeness (QED) is 0.850. The fourth-order valence-corrected chi connectivity index (χ4v) is 2.20. The molecule has 0 radical (unpaired) electrons. The number of hydrogen-bond donors (Lipinski definition) is 1. The SMILES string of the molecule is CCNC(C)(C#N)CC(C)n1cnc(C)c1C. The van der Waals surface area contributed by atoms with E-state index in [1.165, 1.54) is 5.69 Å². The molecule has 17 heavy (non-hydrogen) atoms. The number of nitrogens with one attached hydrogen (secondary N) is 1. The molecule has 0 saturated heterocycles. The number of rotatable bonds is 5. The van der Waals surface area contributed by atoms with E-state index in [0.29, 0.717) is 0 Å². The minimum atomic E-state index is -0.473. The molecule has 0 spiro atoms. The summed E-state index contributed by atoms with van der Waals surface area (Å²) in [6, 6.07) is 2.63. The summed E-state index contributed by atoms with van der Waals surface area (Å²) in [6.45, 7) is 11.0. The van der Waals surface area contributed by atoms with Gasteiger partial charge in [0.25, 0.3) is 0 Å². The van der Waals surface area contributed by atoms with Crippen LogP contribution in [0.1, 0.15) is 44.6 Å². The molecule has 0 saturated carbocycles. The van der Waals surface area contributed by atoms with Crippen LogP contribution in [0.15, 0.2) is 6.33 Å². The molecule has 0 fully saturated rings. The van der Waals surface area contributed by atoms with Gasteiger partial charge in [0.1, 0.15) is 5.54 Å². The molecular weight excluding hydrogens is 212 g/mol. The van der Waals surface area contributed by atoms with Crippen molar-refractivity contribution in [1.82, 2.24) is 14.9 Å². The largest absolute Gasteiger partial charge is 0.332 e. The zero-order valence-corrected chi connectivity index (χ0v) is 11.4. The molecule has 0 aliphatic rings. The zero-order valence-electron chi connectivity index (χ0n) is 11.4. The van der Waals surface area contributed by atoms with Crippen LogP contribution in [0.3, 0.4) is 0 Å². The van der Waals surface area contributed by atoms with E-state index >= 15 is 0 Å². The summed E-state index contributed by atoms with van der Waals surface area (Å²) < 4.78 is 2.14. The van der Waals surface area contributed by atoms with Crippen LogP contribution in [0, 0.1) is 25.2 Å². The molecule has 0 aliphatic heterocycles. The number of aromatic nitrogens is 2. The minimum absolute atomic E-state index is 0.264. The average Bonchev–Trinajstić information content (AvgIpc) is 2.60. The summed E-state index contributed by atoms with van der Waals surface area (Å²) >= 11 is 0. The third-order valence-corrected chi connectivity index (χ3v) is 3.28. The lowest BCUT2D eigenvalue weighted by Crippen LogP contribution is -2.42. The van der Waals surface area contributed by atoms with Crippen LogP contribution in [0.25, 0.3) is 0 Å². The average molecular weight is 234 g/mol. The predicted octanol–water partition coefficient (Wildman–Crippen LogP) is 2.34. The van der Waals surface area contributed by atoms with Crippen LogP contribution in [-0.2, 0) is 0 Å². The van der Waals surface area contributed by atoms with Crippen molar-refractivity contribution in [3.05, 3.63) is 17.7 Å². The molecule has 1 aromatic heterocycles. The molecule has 0 amide bonds. The molecule has 4 heteroatoms. The first kappa shape index (κ1) is 13.7. The highest BCUT2D eigenvalue weighted by atomic mass is 15.1. The van der Waals surface area contributed by atoms with Crippen LogP contribution in [-0.4, -0.2) is 21.6 Å². The van der Waals surface area contributed by atoms with E-state index < -0.39 is 5.54 Å². The molecule has 1 N–H and O–H groups in total. The van der Waals surface area contributed by atoms with Gasteiger partial charge in [-0.05, 0) is 40.7 Å². The van der Waals surface area contributed by atoms with Gasteiger partial charge in [-0.3, -0.25) is 5.32 Å². The third-order valence-electron chi connectivity index (χ3n) is 3.28. The van der Waals surface area contributed by atoms with Crippen molar-refractivity contribution in [2.45, 2.75) is 52.6 Å². The van der Waals surface area contributed by atoms with E-state index in [0.717, 1.165) is 18.7 Å². The summed E-state index contributed by atoms with van der Waals surface area (Å²) in [7, 11) is 0. The van der Waals surface area contributed by atoms with Crippen molar-refractivity contribution < 1.29 is 0 Å². The van der Waals surface area contributed by atoms with Gasteiger partial charge >= 0.3 is 0 Å². The van der Waals surface area contributed by atoms with Gasteiger partial charge in [0, 0.05) is 11.7 Å². The van der Waals surface area contributed by atoms with E-state index in [9.17, 15) is 5.26 Å². The lowest BCUT2D eigenvalue weighted by Gasteiger charge is -2.27. The number of aryl methyl sites for hydroxylation is 1. The number of nitriles is 1.